The molecule has 1 aromatic heterocycles. The van der Waals surface area contributed by atoms with Crippen molar-refractivity contribution in [1.29, 1.82) is 0 Å². The van der Waals surface area contributed by atoms with Crippen molar-refractivity contribution in [1.82, 2.24) is 15.1 Å². The first-order valence-corrected chi connectivity index (χ1v) is 9.04. The number of benzene rings is 2. The van der Waals surface area contributed by atoms with Crippen LogP contribution in [-0.4, -0.2) is 39.6 Å². The lowest BCUT2D eigenvalue weighted by atomic mass is 10.1. The van der Waals surface area contributed by atoms with Crippen molar-refractivity contribution in [2.24, 2.45) is 0 Å². The summed E-state index contributed by atoms with van der Waals surface area (Å²) in [6.07, 6.45) is -6.23. The maximum atomic E-state index is 12.6. The first kappa shape index (κ1) is 20.6. The highest BCUT2D eigenvalue weighted by Gasteiger charge is 2.37. The minimum Gasteiger partial charge on any atom is -0.384 e. The van der Waals surface area contributed by atoms with E-state index in [1.54, 1.807) is 23.0 Å². The average Bonchev–Trinajstić information content (AvgIpc) is 3.12. The van der Waals surface area contributed by atoms with E-state index >= 15 is 0 Å². The molecule has 2 N–H and O–H groups in total. The molecule has 1 heterocycles. The molecule has 1 amide bonds. The predicted octanol–water partition coefficient (Wildman–Crippen LogP) is 3.64. The van der Waals surface area contributed by atoms with Crippen LogP contribution in [-0.2, 0) is 6.54 Å². The molecule has 3 rings (SSSR count). The molecule has 0 unspecified atom stereocenters. The van der Waals surface area contributed by atoms with Crippen LogP contribution in [0.3, 0.4) is 0 Å². The van der Waals surface area contributed by atoms with Gasteiger partial charge in [-0.2, -0.15) is 18.3 Å². The number of carbonyl (C=O) groups excluding carboxylic acids is 1. The zero-order chi connectivity index (χ0) is 20.9. The molecule has 0 fully saturated rings. The second kappa shape index (κ2) is 8.91. The highest BCUT2D eigenvalue weighted by molar-refractivity contribution is 5.99. The van der Waals surface area contributed by atoms with Crippen LogP contribution in [0, 0.1) is 0 Å². The first-order valence-electron chi connectivity index (χ1n) is 9.04. The zero-order valence-corrected chi connectivity index (χ0v) is 15.4. The first-order chi connectivity index (χ1) is 13.8. The maximum absolute atomic E-state index is 12.6. The van der Waals surface area contributed by atoms with Gasteiger partial charge in [0.1, 0.15) is 5.69 Å². The number of nitrogens with one attached hydrogen (secondary N) is 1. The number of aliphatic hydroxyl groups excluding tert-OH is 1. The Morgan fingerprint density at radius 2 is 1.69 bits per heavy atom. The molecule has 0 saturated carbocycles. The van der Waals surface area contributed by atoms with Crippen molar-refractivity contribution in [3.63, 3.8) is 0 Å². The third kappa shape index (κ3) is 5.45. The number of aromatic nitrogens is 2. The normalized spacial score (nSPS) is 12.6. The maximum Gasteiger partial charge on any atom is 0.414 e. The molecular weight excluding hydrogens is 383 g/mol. The van der Waals surface area contributed by atoms with Gasteiger partial charge in [0.15, 0.2) is 6.10 Å². The van der Waals surface area contributed by atoms with Gasteiger partial charge in [-0.1, -0.05) is 60.7 Å². The summed E-state index contributed by atoms with van der Waals surface area (Å²) in [6.45, 7) is 0.137. The van der Waals surface area contributed by atoms with Gasteiger partial charge < -0.3 is 10.4 Å². The fourth-order valence-electron chi connectivity index (χ4n) is 2.83. The smallest absolute Gasteiger partial charge is 0.384 e. The molecular formula is C21H20F3N3O2. The van der Waals surface area contributed by atoms with Crippen LogP contribution in [0.15, 0.2) is 66.9 Å². The van der Waals surface area contributed by atoms with E-state index in [-0.39, 0.29) is 12.1 Å². The summed E-state index contributed by atoms with van der Waals surface area (Å²) in [5.74, 6) is -0.544. The van der Waals surface area contributed by atoms with E-state index in [9.17, 15) is 18.0 Å². The minimum atomic E-state index is -4.71. The van der Waals surface area contributed by atoms with Gasteiger partial charge in [-0.05, 0) is 12.0 Å². The molecule has 5 nitrogen and oxygen atoms in total. The van der Waals surface area contributed by atoms with Gasteiger partial charge in [0, 0.05) is 18.3 Å². The van der Waals surface area contributed by atoms with Gasteiger partial charge in [0.25, 0.3) is 5.91 Å². The quantitative estimate of drug-likeness (QED) is 0.633. The Labute approximate surface area is 165 Å². The van der Waals surface area contributed by atoms with Gasteiger partial charge in [0.05, 0.1) is 12.1 Å². The third-order valence-corrected chi connectivity index (χ3v) is 4.32. The molecule has 29 heavy (non-hydrogen) atoms. The van der Waals surface area contributed by atoms with Crippen LogP contribution in [0.25, 0.3) is 11.3 Å². The molecule has 0 spiro atoms. The molecule has 0 saturated heterocycles. The van der Waals surface area contributed by atoms with Crippen molar-refractivity contribution < 1.29 is 23.1 Å². The molecule has 0 aliphatic carbocycles. The van der Waals surface area contributed by atoms with Crippen molar-refractivity contribution >= 4 is 5.91 Å². The van der Waals surface area contributed by atoms with E-state index < -0.39 is 24.6 Å². The van der Waals surface area contributed by atoms with Gasteiger partial charge in [0.2, 0.25) is 0 Å². The van der Waals surface area contributed by atoms with E-state index in [0.717, 1.165) is 11.1 Å². The SMILES string of the molecule is O=C(NCC[C@H](O)C(F)(F)F)c1cn(Cc2ccccc2)nc1-c1ccccc1. The predicted molar refractivity (Wildman–Crippen MR) is 102 cm³/mol. The van der Waals surface area contributed by atoms with Crippen LogP contribution in [0.4, 0.5) is 13.2 Å². The lowest BCUT2D eigenvalue weighted by Crippen LogP contribution is -2.34. The Kier molecular flexibility index (Phi) is 6.33. The van der Waals surface area contributed by atoms with Crippen molar-refractivity contribution in [2.75, 3.05) is 6.54 Å². The van der Waals surface area contributed by atoms with Crippen LogP contribution in [0.1, 0.15) is 22.3 Å². The Morgan fingerprint density at radius 3 is 2.31 bits per heavy atom. The number of carbonyl (C=O) groups is 1. The van der Waals surface area contributed by atoms with Crippen molar-refractivity contribution in [2.45, 2.75) is 25.2 Å². The third-order valence-electron chi connectivity index (χ3n) is 4.32. The van der Waals surface area contributed by atoms with Crippen LogP contribution in [0.2, 0.25) is 0 Å². The molecule has 0 aliphatic rings. The standard InChI is InChI=1S/C21H20F3N3O2/c22-21(23,24)18(28)11-12-25-20(29)17-14-27(13-15-7-3-1-4-8-15)26-19(17)16-9-5-2-6-10-16/h1-10,14,18,28H,11-13H2,(H,25,29)/t18-/m0/s1. The summed E-state index contributed by atoms with van der Waals surface area (Å²) in [4.78, 5) is 12.6. The van der Waals surface area contributed by atoms with Gasteiger partial charge >= 0.3 is 6.18 Å². The van der Waals surface area contributed by atoms with Crippen LogP contribution in [0.5, 0.6) is 0 Å². The van der Waals surface area contributed by atoms with Crippen molar-refractivity contribution in [3.05, 3.63) is 78.0 Å². The molecule has 0 bridgehead atoms. The summed E-state index contributed by atoms with van der Waals surface area (Å²) >= 11 is 0. The molecule has 0 aliphatic heterocycles. The Bertz CT molecular complexity index is 941. The number of nitrogens with zero attached hydrogens (tertiary/aromatic N) is 2. The summed E-state index contributed by atoms with van der Waals surface area (Å²) < 4.78 is 38.9. The lowest BCUT2D eigenvalue weighted by molar-refractivity contribution is -0.204. The largest absolute Gasteiger partial charge is 0.414 e. The molecule has 0 radical (unpaired) electrons. The average molecular weight is 403 g/mol. The second-order valence-corrected chi connectivity index (χ2v) is 6.54. The number of aliphatic hydroxyl groups is 1. The van der Waals surface area contributed by atoms with E-state index in [1.165, 1.54) is 0 Å². The fourth-order valence-corrected chi connectivity index (χ4v) is 2.83. The number of rotatable bonds is 7. The minimum absolute atomic E-state index is 0.258. The second-order valence-electron chi connectivity index (χ2n) is 6.54. The summed E-state index contributed by atoms with van der Waals surface area (Å²) in [5, 5.41) is 16.0. The summed E-state index contributed by atoms with van der Waals surface area (Å²) in [6, 6.07) is 18.6. The van der Waals surface area contributed by atoms with Crippen molar-refractivity contribution in [3.8, 4) is 11.3 Å². The highest BCUT2D eigenvalue weighted by atomic mass is 19.4. The zero-order valence-electron chi connectivity index (χ0n) is 15.4. The van der Waals surface area contributed by atoms with Gasteiger partial charge in [-0.15, -0.1) is 0 Å². The molecule has 152 valence electrons. The molecule has 2 aromatic carbocycles. The monoisotopic (exact) mass is 403 g/mol. The topological polar surface area (TPSA) is 67.2 Å². The van der Waals surface area contributed by atoms with E-state index in [2.05, 4.69) is 10.4 Å². The number of hydrogen-bond donors (Lipinski definition) is 2. The van der Waals surface area contributed by atoms with Gasteiger partial charge in [-0.25, -0.2) is 0 Å². The molecule has 1 atom stereocenters. The summed E-state index contributed by atoms with van der Waals surface area (Å²) in [7, 11) is 0. The highest BCUT2D eigenvalue weighted by Crippen LogP contribution is 2.23. The van der Waals surface area contributed by atoms with Crippen LogP contribution < -0.4 is 5.32 Å². The molecule has 8 heteroatoms. The van der Waals surface area contributed by atoms with Crippen LogP contribution >= 0.6 is 0 Å². The number of hydrogen-bond acceptors (Lipinski definition) is 3. The van der Waals surface area contributed by atoms with E-state index in [1.807, 2.05) is 48.5 Å². The summed E-state index contributed by atoms with van der Waals surface area (Å²) in [5.41, 5.74) is 2.42. The van der Waals surface area contributed by atoms with Gasteiger partial charge in [-0.3, -0.25) is 9.48 Å². The Hall–Kier alpha value is -3.13. The number of amides is 1. The number of halogens is 3. The van der Waals surface area contributed by atoms with E-state index in [0.29, 0.717) is 12.2 Å². The Balaban J connectivity index is 1.79. The molecule has 3 aromatic rings. The fraction of sp³-hybridized carbons (Fsp3) is 0.238. The Morgan fingerprint density at radius 1 is 1.07 bits per heavy atom. The number of alkyl halides is 3. The lowest BCUT2D eigenvalue weighted by Gasteiger charge is -2.14. The van der Waals surface area contributed by atoms with E-state index in [4.69, 9.17) is 5.11 Å².